The standard InChI is InChI=1S/C11H11BrClNO4S/c1-2-5-14(7-11(15)16)19(17,18)8-3-4-10(13)9(12)6-8/h2-4,6H,1,5,7H2,(H,15,16). The summed E-state index contributed by atoms with van der Waals surface area (Å²) in [5.41, 5.74) is 0. The Labute approximate surface area is 124 Å². The lowest BCUT2D eigenvalue weighted by Crippen LogP contribution is -2.35. The van der Waals surface area contributed by atoms with Crippen molar-refractivity contribution in [2.45, 2.75) is 4.90 Å². The first-order chi connectivity index (χ1) is 8.78. The number of hydrogen-bond acceptors (Lipinski definition) is 3. The summed E-state index contributed by atoms with van der Waals surface area (Å²) in [6.07, 6.45) is 1.32. The number of rotatable bonds is 6. The van der Waals surface area contributed by atoms with Crippen molar-refractivity contribution in [3.8, 4) is 0 Å². The van der Waals surface area contributed by atoms with Gasteiger partial charge in [0.05, 0.1) is 9.92 Å². The van der Waals surface area contributed by atoms with E-state index in [4.69, 9.17) is 16.7 Å². The Kier molecular flexibility index (Phi) is 5.54. The van der Waals surface area contributed by atoms with Crippen LogP contribution in [0.4, 0.5) is 0 Å². The lowest BCUT2D eigenvalue weighted by molar-refractivity contribution is -0.137. The van der Waals surface area contributed by atoms with Crippen molar-refractivity contribution in [3.63, 3.8) is 0 Å². The second kappa shape index (κ2) is 6.51. The number of hydrogen-bond donors (Lipinski definition) is 1. The van der Waals surface area contributed by atoms with Gasteiger partial charge in [-0.1, -0.05) is 17.7 Å². The van der Waals surface area contributed by atoms with Gasteiger partial charge in [-0.3, -0.25) is 4.79 Å². The van der Waals surface area contributed by atoms with Crippen LogP contribution in [0.2, 0.25) is 5.02 Å². The van der Waals surface area contributed by atoms with Gasteiger partial charge in [-0.2, -0.15) is 4.31 Å². The van der Waals surface area contributed by atoms with Gasteiger partial charge in [0.1, 0.15) is 6.54 Å². The average Bonchev–Trinajstić information content (AvgIpc) is 2.31. The minimum Gasteiger partial charge on any atom is -0.480 e. The van der Waals surface area contributed by atoms with E-state index in [9.17, 15) is 13.2 Å². The first-order valence-corrected chi connectivity index (χ1v) is 7.68. The molecule has 104 valence electrons. The molecule has 0 fully saturated rings. The molecule has 1 rings (SSSR count). The summed E-state index contributed by atoms with van der Waals surface area (Å²) in [4.78, 5) is 10.7. The van der Waals surface area contributed by atoms with Crippen LogP contribution in [0, 0.1) is 0 Å². The molecule has 0 heterocycles. The molecule has 0 aromatic heterocycles. The molecule has 0 bridgehead atoms. The summed E-state index contributed by atoms with van der Waals surface area (Å²) in [7, 11) is -3.90. The third-order valence-corrected chi connectivity index (χ3v) is 5.19. The largest absolute Gasteiger partial charge is 0.480 e. The molecule has 0 radical (unpaired) electrons. The molecule has 8 heteroatoms. The third kappa shape index (κ3) is 4.04. The molecule has 0 aliphatic carbocycles. The van der Waals surface area contributed by atoms with Crippen LogP contribution in [0.3, 0.4) is 0 Å². The maximum Gasteiger partial charge on any atom is 0.318 e. The molecular weight excluding hydrogens is 358 g/mol. The Hall–Kier alpha value is -0.890. The van der Waals surface area contributed by atoms with Crippen molar-refractivity contribution in [1.82, 2.24) is 4.31 Å². The van der Waals surface area contributed by atoms with Crippen LogP contribution in [-0.4, -0.2) is 36.9 Å². The molecule has 1 aromatic rings. The molecule has 0 spiro atoms. The summed E-state index contributed by atoms with van der Waals surface area (Å²) in [5, 5.41) is 9.12. The quantitative estimate of drug-likeness (QED) is 0.782. The van der Waals surface area contributed by atoms with Crippen molar-refractivity contribution < 1.29 is 18.3 Å². The van der Waals surface area contributed by atoms with E-state index in [1.165, 1.54) is 24.3 Å². The van der Waals surface area contributed by atoms with Crippen LogP contribution in [0.25, 0.3) is 0 Å². The molecule has 0 aliphatic heterocycles. The second-order valence-corrected chi connectivity index (χ2v) is 6.76. The Morgan fingerprint density at radius 1 is 1.53 bits per heavy atom. The molecule has 1 N–H and O–H groups in total. The van der Waals surface area contributed by atoms with Crippen LogP contribution in [0.5, 0.6) is 0 Å². The molecule has 0 unspecified atom stereocenters. The van der Waals surface area contributed by atoms with E-state index in [0.29, 0.717) is 9.50 Å². The molecule has 0 amide bonds. The number of carbonyl (C=O) groups is 1. The lowest BCUT2D eigenvalue weighted by atomic mass is 10.4. The van der Waals surface area contributed by atoms with Crippen molar-refractivity contribution in [2.24, 2.45) is 0 Å². The topological polar surface area (TPSA) is 74.7 Å². The molecule has 0 saturated carbocycles. The van der Waals surface area contributed by atoms with Crippen molar-refractivity contribution in [2.75, 3.05) is 13.1 Å². The normalized spacial score (nSPS) is 11.5. The third-order valence-electron chi connectivity index (χ3n) is 2.17. The first-order valence-electron chi connectivity index (χ1n) is 5.07. The van der Waals surface area contributed by atoms with Crippen LogP contribution in [0.15, 0.2) is 40.2 Å². The zero-order chi connectivity index (χ0) is 14.6. The molecule has 5 nitrogen and oxygen atoms in total. The van der Waals surface area contributed by atoms with Gasteiger partial charge in [0.15, 0.2) is 0 Å². The molecule has 0 saturated heterocycles. The molecular formula is C11H11BrClNO4S. The van der Waals surface area contributed by atoms with E-state index in [-0.39, 0.29) is 11.4 Å². The summed E-state index contributed by atoms with van der Waals surface area (Å²) in [6.45, 7) is 2.70. The van der Waals surface area contributed by atoms with Gasteiger partial charge in [-0.15, -0.1) is 6.58 Å². The number of carboxylic acid groups (broad SMARTS) is 1. The highest BCUT2D eigenvalue weighted by atomic mass is 79.9. The highest BCUT2D eigenvalue weighted by molar-refractivity contribution is 9.10. The van der Waals surface area contributed by atoms with Crippen LogP contribution in [-0.2, 0) is 14.8 Å². The van der Waals surface area contributed by atoms with Gasteiger partial charge in [-0.05, 0) is 34.1 Å². The number of nitrogens with zero attached hydrogens (tertiary/aromatic N) is 1. The molecule has 0 aliphatic rings. The van der Waals surface area contributed by atoms with Gasteiger partial charge in [-0.25, -0.2) is 8.42 Å². The highest BCUT2D eigenvalue weighted by Crippen LogP contribution is 2.26. The zero-order valence-electron chi connectivity index (χ0n) is 9.71. The van der Waals surface area contributed by atoms with E-state index in [1.807, 2.05) is 0 Å². The van der Waals surface area contributed by atoms with E-state index in [1.54, 1.807) is 0 Å². The van der Waals surface area contributed by atoms with Crippen molar-refractivity contribution in [1.29, 1.82) is 0 Å². The van der Waals surface area contributed by atoms with Crippen LogP contribution in [0.1, 0.15) is 0 Å². The second-order valence-electron chi connectivity index (χ2n) is 3.56. The highest BCUT2D eigenvalue weighted by Gasteiger charge is 2.26. The van der Waals surface area contributed by atoms with Gasteiger partial charge in [0.2, 0.25) is 10.0 Å². The minimum absolute atomic E-state index is 0.0353. The Morgan fingerprint density at radius 2 is 2.16 bits per heavy atom. The minimum atomic E-state index is -3.90. The summed E-state index contributed by atoms with van der Waals surface area (Å²) < 4.78 is 25.8. The van der Waals surface area contributed by atoms with Crippen LogP contribution < -0.4 is 0 Å². The smallest absolute Gasteiger partial charge is 0.318 e. The fourth-order valence-corrected chi connectivity index (χ4v) is 3.36. The number of carboxylic acids is 1. The van der Waals surface area contributed by atoms with E-state index < -0.39 is 22.5 Å². The van der Waals surface area contributed by atoms with Gasteiger partial charge in [0.25, 0.3) is 0 Å². The maximum absolute atomic E-state index is 12.3. The SMILES string of the molecule is C=CCN(CC(=O)O)S(=O)(=O)c1ccc(Cl)c(Br)c1. The number of benzene rings is 1. The Bertz CT molecular complexity index is 603. The first kappa shape index (κ1) is 16.2. The fraction of sp³-hybridized carbons (Fsp3) is 0.182. The predicted octanol–water partition coefficient (Wildman–Crippen LogP) is 2.36. The van der Waals surface area contributed by atoms with E-state index in [0.717, 1.165) is 4.31 Å². The van der Waals surface area contributed by atoms with E-state index in [2.05, 4.69) is 22.5 Å². The summed E-state index contributed by atoms with van der Waals surface area (Å²) in [5.74, 6) is -1.24. The monoisotopic (exact) mass is 367 g/mol. The number of halogens is 2. The van der Waals surface area contributed by atoms with Crippen molar-refractivity contribution in [3.05, 3.63) is 40.3 Å². The molecule has 1 aromatic carbocycles. The van der Waals surface area contributed by atoms with Crippen LogP contribution >= 0.6 is 27.5 Å². The summed E-state index contributed by atoms with van der Waals surface area (Å²) >= 11 is 8.92. The van der Waals surface area contributed by atoms with Crippen molar-refractivity contribution >= 4 is 43.5 Å². The number of aliphatic carboxylic acids is 1. The Balaban J connectivity index is 3.21. The predicted molar refractivity (Wildman–Crippen MR) is 75.7 cm³/mol. The maximum atomic E-state index is 12.3. The van der Waals surface area contributed by atoms with Gasteiger partial charge in [0, 0.05) is 11.0 Å². The zero-order valence-corrected chi connectivity index (χ0v) is 12.9. The summed E-state index contributed by atoms with van der Waals surface area (Å²) in [6, 6.07) is 4.07. The fourth-order valence-electron chi connectivity index (χ4n) is 1.33. The van der Waals surface area contributed by atoms with Gasteiger partial charge < -0.3 is 5.11 Å². The lowest BCUT2D eigenvalue weighted by Gasteiger charge is -2.18. The average molecular weight is 369 g/mol. The number of sulfonamides is 1. The van der Waals surface area contributed by atoms with E-state index >= 15 is 0 Å². The molecule has 19 heavy (non-hydrogen) atoms. The van der Waals surface area contributed by atoms with Gasteiger partial charge >= 0.3 is 5.97 Å². The molecule has 0 atom stereocenters. The Morgan fingerprint density at radius 3 is 2.63 bits per heavy atom.